The molecule has 11 heteroatoms. The van der Waals surface area contributed by atoms with Gasteiger partial charge >= 0.3 is 11.9 Å². The molecule has 8 nitrogen and oxygen atoms in total. The quantitative estimate of drug-likeness (QED) is 0.694. The SMILES string of the molecule is CN(C)c1ccc(NC(=O)Cn2c(=O)c3ccc(C(F)(F)F)nc3n(C)c2=O)cc1. The van der Waals surface area contributed by atoms with Crippen molar-refractivity contribution in [2.75, 3.05) is 24.3 Å². The molecule has 1 amide bonds. The third kappa shape index (κ3) is 4.04. The lowest BCUT2D eigenvalue weighted by Crippen LogP contribution is -2.42. The minimum Gasteiger partial charge on any atom is -0.378 e. The third-order valence-corrected chi connectivity index (χ3v) is 4.45. The van der Waals surface area contributed by atoms with Crippen molar-refractivity contribution in [3.63, 3.8) is 0 Å². The first-order valence-electron chi connectivity index (χ1n) is 8.74. The average Bonchev–Trinajstić information content (AvgIpc) is 2.68. The van der Waals surface area contributed by atoms with Gasteiger partial charge in [0.05, 0.1) is 5.39 Å². The van der Waals surface area contributed by atoms with Gasteiger partial charge in [-0.25, -0.2) is 9.78 Å². The number of nitrogens with one attached hydrogen (secondary N) is 1. The van der Waals surface area contributed by atoms with E-state index in [1.807, 2.05) is 19.0 Å². The van der Waals surface area contributed by atoms with Crippen LogP contribution in [-0.2, 0) is 24.6 Å². The molecule has 1 aromatic carbocycles. The molecule has 0 fully saturated rings. The molecule has 0 bridgehead atoms. The number of amides is 1. The highest BCUT2D eigenvalue weighted by Gasteiger charge is 2.33. The van der Waals surface area contributed by atoms with Gasteiger partial charge in [0, 0.05) is 32.5 Å². The number of pyridine rings is 1. The number of carbonyl (C=O) groups is 1. The molecule has 0 saturated carbocycles. The van der Waals surface area contributed by atoms with E-state index in [0.717, 1.165) is 16.3 Å². The Balaban J connectivity index is 1.93. The van der Waals surface area contributed by atoms with E-state index in [-0.39, 0.29) is 5.39 Å². The fourth-order valence-corrected chi connectivity index (χ4v) is 2.86. The van der Waals surface area contributed by atoms with Crippen molar-refractivity contribution >= 4 is 28.3 Å². The number of alkyl halides is 3. The fourth-order valence-electron chi connectivity index (χ4n) is 2.86. The van der Waals surface area contributed by atoms with Crippen LogP contribution in [0.15, 0.2) is 46.0 Å². The van der Waals surface area contributed by atoms with E-state index >= 15 is 0 Å². The topological polar surface area (TPSA) is 89.2 Å². The van der Waals surface area contributed by atoms with Crippen LogP contribution in [0.5, 0.6) is 0 Å². The highest BCUT2D eigenvalue weighted by atomic mass is 19.4. The maximum absolute atomic E-state index is 12.9. The lowest BCUT2D eigenvalue weighted by atomic mass is 10.2. The molecular formula is C19H18F3N5O3. The first-order chi connectivity index (χ1) is 14.0. The molecule has 3 aromatic rings. The summed E-state index contributed by atoms with van der Waals surface area (Å²) < 4.78 is 40.1. The van der Waals surface area contributed by atoms with Gasteiger partial charge in [0.25, 0.3) is 5.56 Å². The van der Waals surface area contributed by atoms with Crippen molar-refractivity contribution in [2.24, 2.45) is 7.05 Å². The Morgan fingerprint density at radius 1 is 1.10 bits per heavy atom. The van der Waals surface area contributed by atoms with Crippen molar-refractivity contribution < 1.29 is 18.0 Å². The second-order valence-corrected chi connectivity index (χ2v) is 6.79. The number of benzene rings is 1. The Morgan fingerprint density at radius 3 is 2.30 bits per heavy atom. The monoisotopic (exact) mass is 421 g/mol. The van der Waals surface area contributed by atoms with Gasteiger partial charge in [0.2, 0.25) is 5.91 Å². The Morgan fingerprint density at radius 2 is 1.73 bits per heavy atom. The highest BCUT2D eigenvalue weighted by molar-refractivity contribution is 5.91. The summed E-state index contributed by atoms with van der Waals surface area (Å²) in [7, 11) is 4.91. The van der Waals surface area contributed by atoms with Crippen molar-refractivity contribution in [2.45, 2.75) is 12.7 Å². The number of aryl methyl sites for hydroxylation is 1. The molecule has 0 radical (unpaired) electrons. The number of nitrogens with zero attached hydrogens (tertiary/aromatic N) is 4. The number of carbonyl (C=O) groups excluding carboxylic acids is 1. The predicted octanol–water partition coefficient (Wildman–Crippen LogP) is 1.82. The minimum absolute atomic E-state index is 0.201. The van der Waals surface area contributed by atoms with Crippen LogP contribution in [0.3, 0.4) is 0 Å². The summed E-state index contributed by atoms with van der Waals surface area (Å²) in [5.41, 5.74) is -2.09. The van der Waals surface area contributed by atoms with E-state index < -0.39 is 41.2 Å². The van der Waals surface area contributed by atoms with Crippen LogP contribution in [0.1, 0.15) is 5.69 Å². The molecule has 0 aliphatic rings. The standard InChI is InChI=1S/C19H18F3N5O3/c1-25(2)12-6-4-11(5-7-12)23-15(28)10-27-17(29)13-8-9-14(19(20,21)22)24-16(13)26(3)18(27)30/h4-9H,10H2,1-3H3,(H,23,28). The molecule has 2 aromatic heterocycles. The van der Waals surface area contributed by atoms with Gasteiger partial charge in [-0.1, -0.05) is 0 Å². The molecule has 0 aliphatic carbocycles. The summed E-state index contributed by atoms with van der Waals surface area (Å²) >= 11 is 0. The zero-order valence-electron chi connectivity index (χ0n) is 16.3. The second-order valence-electron chi connectivity index (χ2n) is 6.79. The minimum atomic E-state index is -4.72. The summed E-state index contributed by atoms with van der Waals surface area (Å²) in [6.45, 7) is -0.599. The Hall–Kier alpha value is -3.63. The molecule has 0 saturated heterocycles. The summed E-state index contributed by atoms with van der Waals surface area (Å²) in [6, 6.07) is 8.49. The zero-order valence-corrected chi connectivity index (χ0v) is 16.3. The molecule has 2 heterocycles. The molecule has 0 spiro atoms. The molecule has 0 atom stereocenters. The maximum Gasteiger partial charge on any atom is 0.433 e. The van der Waals surface area contributed by atoms with Crippen molar-refractivity contribution in [3.05, 3.63) is 62.9 Å². The molecule has 158 valence electrons. The summed E-state index contributed by atoms with van der Waals surface area (Å²) in [4.78, 5) is 42.7. The van der Waals surface area contributed by atoms with Gasteiger partial charge in [0.15, 0.2) is 0 Å². The van der Waals surface area contributed by atoms with Crippen LogP contribution >= 0.6 is 0 Å². The summed E-state index contributed by atoms with van der Waals surface area (Å²) in [6.07, 6.45) is -4.72. The fraction of sp³-hybridized carbons (Fsp3) is 0.263. The van der Waals surface area contributed by atoms with E-state index in [1.165, 1.54) is 7.05 Å². The third-order valence-electron chi connectivity index (χ3n) is 4.45. The summed E-state index contributed by atoms with van der Waals surface area (Å²) in [5, 5.41) is 2.38. The number of fused-ring (bicyclic) bond motifs is 1. The number of hydrogen-bond acceptors (Lipinski definition) is 5. The van der Waals surface area contributed by atoms with Crippen LogP contribution in [-0.4, -0.2) is 34.1 Å². The molecule has 1 N–H and O–H groups in total. The second kappa shape index (κ2) is 7.65. The van der Waals surface area contributed by atoms with E-state index in [0.29, 0.717) is 16.3 Å². The van der Waals surface area contributed by atoms with Crippen LogP contribution in [0.4, 0.5) is 24.5 Å². The van der Waals surface area contributed by atoms with Gasteiger partial charge in [-0.15, -0.1) is 0 Å². The summed E-state index contributed by atoms with van der Waals surface area (Å²) in [5.74, 6) is -0.633. The van der Waals surface area contributed by atoms with E-state index in [9.17, 15) is 27.6 Å². The van der Waals surface area contributed by atoms with E-state index in [4.69, 9.17) is 0 Å². The molecule has 0 unspecified atom stereocenters. The Bertz CT molecular complexity index is 1230. The van der Waals surface area contributed by atoms with Gasteiger partial charge < -0.3 is 10.2 Å². The van der Waals surface area contributed by atoms with E-state index in [1.54, 1.807) is 24.3 Å². The predicted molar refractivity (Wildman–Crippen MR) is 106 cm³/mol. The van der Waals surface area contributed by atoms with Crippen LogP contribution in [0.2, 0.25) is 0 Å². The van der Waals surface area contributed by atoms with Crippen LogP contribution in [0, 0.1) is 0 Å². The van der Waals surface area contributed by atoms with E-state index in [2.05, 4.69) is 10.3 Å². The molecule has 0 aliphatic heterocycles. The first-order valence-corrected chi connectivity index (χ1v) is 8.74. The van der Waals surface area contributed by atoms with Gasteiger partial charge in [0.1, 0.15) is 17.9 Å². The van der Waals surface area contributed by atoms with Gasteiger partial charge in [-0.05, 0) is 36.4 Å². The highest BCUT2D eigenvalue weighted by Crippen LogP contribution is 2.28. The normalized spacial score (nSPS) is 11.5. The van der Waals surface area contributed by atoms with Crippen LogP contribution < -0.4 is 21.5 Å². The van der Waals surface area contributed by atoms with Gasteiger partial charge in [-0.2, -0.15) is 13.2 Å². The Kier molecular flexibility index (Phi) is 5.38. The lowest BCUT2D eigenvalue weighted by Gasteiger charge is -2.14. The van der Waals surface area contributed by atoms with Crippen molar-refractivity contribution in [3.8, 4) is 0 Å². The van der Waals surface area contributed by atoms with Crippen molar-refractivity contribution in [1.82, 2.24) is 14.1 Å². The molecule has 30 heavy (non-hydrogen) atoms. The number of hydrogen-bond donors (Lipinski definition) is 1. The molecule has 3 rings (SSSR count). The number of rotatable bonds is 4. The number of aromatic nitrogens is 3. The number of halogens is 3. The first kappa shape index (κ1) is 21.1. The lowest BCUT2D eigenvalue weighted by molar-refractivity contribution is -0.141. The largest absolute Gasteiger partial charge is 0.433 e. The van der Waals surface area contributed by atoms with Gasteiger partial charge in [-0.3, -0.25) is 18.7 Å². The van der Waals surface area contributed by atoms with Crippen LogP contribution in [0.25, 0.3) is 11.0 Å². The Labute approximate surface area is 168 Å². The average molecular weight is 421 g/mol. The molecular weight excluding hydrogens is 403 g/mol. The smallest absolute Gasteiger partial charge is 0.378 e. The number of anilines is 2. The maximum atomic E-state index is 12.9. The van der Waals surface area contributed by atoms with Crippen molar-refractivity contribution in [1.29, 1.82) is 0 Å². The zero-order chi connectivity index (χ0) is 22.2.